The third kappa shape index (κ3) is 1.72. The molecule has 2 aromatic rings. The van der Waals surface area contributed by atoms with Gasteiger partial charge in [-0.3, -0.25) is 4.79 Å². The summed E-state index contributed by atoms with van der Waals surface area (Å²) in [5, 5.41) is 0. The highest BCUT2D eigenvalue weighted by atomic mass is 32.1. The number of amides is 1. The van der Waals surface area contributed by atoms with Gasteiger partial charge in [-0.05, 0) is 25.0 Å². The van der Waals surface area contributed by atoms with Gasteiger partial charge < -0.3 is 5.73 Å². The van der Waals surface area contributed by atoms with Crippen LogP contribution in [0.1, 0.15) is 20.8 Å². The minimum atomic E-state index is -0.418. The zero-order valence-corrected chi connectivity index (χ0v) is 9.97. The summed E-state index contributed by atoms with van der Waals surface area (Å²) in [4.78, 5) is 16.0. The van der Waals surface area contributed by atoms with Gasteiger partial charge in [0.05, 0.1) is 11.2 Å². The first-order valence-electron chi connectivity index (χ1n) is 4.91. The van der Waals surface area contributed by atoms with E-state index < -0.39 is 5.91 Å². The van der Waals surface area contributed by atoms with Crippen LogP contribution >= 0.6 is 11.3 Å². The molecule has 1 aromatic carbocycles. The molecule has 0 unspecified atom stereocenters. The lowest BCUT2D eigenvalue weighted by Gasteiger charge is -2.06. The second kappa shape index (κ2) is 4.06. The molecule has 2 rings (SSSR count). The molecule has 1 heterocycles. The molecule has 3 nitrogen and oxygen atoms in total. The number of thiazole rings is 1. The van der Waals surface area contributed by atoms with E-state index in [1.807, 2.05) is 32.0 Å². The van der Waals surface area contributed by atoms with Crippen molar-refractivity contribution in [3.63, 3.8) is 0 Å². The van der Waals surface area contributed by atoms with E-state index in [9.17, 15) is 4.79 Å². The van der Waals surface area contributed by atoms with E-state index in [1.165, 1.54) is 16.9 Å². The molecule has 0 aliphatic rings. The van der Waals surface area contributed by atoms with Crippen LogP contribution in [0.25, 0.3) is 11.3 Å². The zero-order chi connectivity index (χ0) is 11.7. The number of nitrogens with two attached hydrogens (primary N) is 1. The second-order valence-corrected chi connectivity index (χ2v) is 4.50. The third-order valence-corrected chi connectivity index (χ3v) is 3.49. The Morgan fingerprint density at radius 1 is 1.38 bits per heavy atom. The molecule has 0 fully saturated rings. The first-order chi connectivity index (χ1) is 7.61. The van der Waals surface area contributed by atoms with Crippen molar-refractivity contribution in [1.29, 1.82) is 0 Å². The molecule has 0 saturated heterocycles. The average Bonchev–Trinajstić information content (AvgIpc) is 2.70. The van der Waals surface area contributed by atoms with Crippen LogP contribution in [0.15, 0.2) is 23.7 Å². The van der Waals surface area contributed by atoms with Crippen molar-refractivity contribution in [2.45, 2.75) is 13.8 Å². The van der Waals surface area contributed by atoms with Crippen LogP contribution < -0.4 is 5.73 Å². The van der Waals surface area contributed by atoms with Crippen LogP contribution in [0.3, 0.4) is 0 Å². The summed E-state index contributed by atoms with van der Waals surface area (Å²) >= 11 is 1.28. The lowest BCUT2D eigenvalue weighted by Crippen LogP contribution is -2.10. The fraction of sp³-hybridized carbons (Fsp3) is 0.167. The van der Waals surface area contributed by atoms with Crippen molar-refractivity contribution in [2.75, 3.05) is 0 Å². The molecule has 1 amide bonds. The molecule has 0 bridgehead atoms. The van der Waals surface area contributed by atoms with Crippen LogP contribution in [0.4, 0.5) is 0 Å². The summed E-state index contributed by atoms with van der Waals surface area (Å²) in [5.74, 6) is -0.418. The van der Waals surface area contributed by atoms with Crippen molar-refractivity contribution in [3.8, 4) is 11.3 Å². The molecule has 0 saturated carbocycles. The predicted molar refractivity (Wildman–Crippen MR) is 65.5 cm³/mol. The number of carbonyl (C=O) groups is 1. The Hall–Kier alpha value is -1.68. The highest BCUT2D eigenvalue weighted by Crippen LogP contribution is 2.29. The Labute approximate surface area is 97.9 Å². The predicted octanol–water partition coefficient (Wildman–Crippen LogP) is 2.53. The highest BCUT2D eigenvalue weighted by Gasteiger charge is 2.15. The zero-order valence-electron chi connectivity index (χ0n) is 9.15. The maximum atomic E-state index is 11.2. The summed E-state index contributed by atoms with van der Waals surface area (Å²) in [6.45, 7) is 4.06. The van der Waals surface area contributed by atoms with Gasteiger partial charge in [0, 0.05) is 5.56 Å². The van der Waals surface area contributed by atoms with Crippen molar-refractivity contribution in [1.82, 2.24) is 4.98 Å². The van der Waals surface area contributed by atoms with E-state index in [0.29, 0.717) is 10.6 Å². The summed E-state index contributed by atoms with van der Waals surface area (Å²) < 4.78 is 0. The number of hydrogen-bond donors (Lipinski definition) is 1. The first kappa shape index (κ1) is 10.8. The summed E-state index contributed by atoms with van der Waals surface area (Å²) in [6, 6.07) is 5.96. The molecule has 2 N–H and O–H groups in total. The Bertz CT molecular complexity index is 546. The number of rotatable bonds is 2. The molecule has 1 aromatic heterocycles. The Balaban J connectivity index is 2.63. The fourth-order valence-corrected chi connectivity index (χ4v) is 2.27. The smallest absolute Gasteiger partial charge is 0.261 e. The number of benzene rings is 1. The highest BCUT2D eigenvalue weighted by molar-refractivity contribution is 7.12. The molecule has 16 heavy (non-hydrogen) atoms. The summed E-state index contributed by atoms with van der Waals surface area (Å²) in [5.41, 5.74) is 11.0. The van der Waals surface area contributed by atoms with Gasteiger partial charge in [0.2, 0.25) is 0 Å². The minimum Gasteiger partial charge on any atom is -0.365 e. The van der Waals surface area contributed by atoms with E-state index in [-0.39, 0.29) is 0 Å². The number of primary amides is 1. The lowest BCUT2D eigenvalue weighted by atomic mass is 10.0. The fourth-order valence-electron chi connectivity index (χ4n) is 1.62. The molecule has 0 aliphatic carbocycles. The monoisotopic (exact) mass is 232 g/mol. The lowest BCUT2D eigenvalue weighted by molar-refractivity contribution is 0.100. The van der Waals surface area contributed by atoms with Crippen molar-refractivity contribution < 1.29 is 4.79 Å². The van der Waals surface area contributed by atoms with Crippen LogP contribution in [-0.4, -0.2) is 10.9 Å². The van der Waals surface area contributed by atoms with Gasteiger partial charge in [0.15, 0.2) is 0 Å². The maximum Gasteiger partial charge on any atom is 0.261 e. The van der Waals surface area contributed by atoms with E-state index in [2.05, 4.69) is 4.98 Å². The Morgan fingerprint density at radius 3 is 2.81 bits per heavy atom. The van der Waals surface area contributed by atoms with Crippen molar-refractivity contribution in [3.05, 3.63) is 39.7 Å². The number of aromatic nitrogens is 1. The van der Waals surface area contributed by atoms with Crippen LogP contribution in [-0.2, 0) is 0 Å². The molecule has 0 aliphatic heterocycles. The van der Waals surface area contributed by atoms with Crippen molar-refractivity contribution >= 4 is 17.2 Å². The molecule has 0 radical (unpaired) electrons. The maximum absolute atomic E-state index is 11.2. The Morgan fingerprint density at radius 2 is 2.12 bits per heavy atom. The van der Waals surface area contributed by atoms with Crippen LogP contribution in [0.2, 0.25) is 0 Å². The minimum absolute atomic E-state index is 0.418. The van der Waals surface area contributed by atoms with E-state index >= 15 is 0 Å². The summed E-state index contributed by atoms with van der Waals surface area (Å²) in [7, 11) is 0. The van der Waals surface area contributed by atoms with E-state index in [1.54, 1.807) is 5.51 Å². The van der Waals surface area contributed by atoms with Gasteiger partial charge >= 0.3 is 0 Å². The number of nitrogens with zero attached hydrogens (tertiary/aromatic N) is 1. The quantitative estimate of drug-likeness (QED) is 0.865. The molecule has 82 valence electrons. The van der Waals surface area contributed by atoms with Gasteiger partial charge in [-0.2, -0.15) is 0 Å². The van der Waals surface area contributed by atoms with Crippen LogP contribution in [0.5, 0.6) is 0 Å². The topological polar surface area (TPSA) is 56.0 Å². The van der Waals surface area contributed by atoms with Gasteiger partial charge in [0.1, 0.15) is 4.88 Å². The van der Waals surface area contributed by atoms with Gasteiger partial charge in [0.25, 0.3) is 5.91 Å². The molecule has 0 atom stereocenters. The molecular weight excluding hydrogens is 220 g/mol. The number of aryl methyl sites for hydroxylation is 1. The van der Waals surface area contributed by atoms with Gasteiger partial charge in [-0.15, -0.1) is 11.3 Å². The van der Waals surface area contributed by atoms with Gasteiger partial charge in [-0.1, -0.05) is 18.2 Å². The molecule has 4 heteroatoms. The normalized spacial score (nSPS) is 10.4. The number of carbonyl (C=O) groups excluding carboxylic acids is 1. The summed E-state index contributed by atoms with van der Waals surface area (Å²) in [6.07, 6.45) is 0. The second-order valence-electron chi connectivity index (χ2n) is 3.64. The standard InChI is InChI=1S/C12H12N2OS/c1-7-4-3-5-9(8(7)2)10-11(12(13)15)16-6-14-10/h3-6H,1-2H3,(H2,13,15). The van der Waals surface area contributed by atoms with E-state index in [4.69, 9.17) is 5.73 Å². The van der Waals surface area contributed by atoms with Crippen molar-refractivity contribution in [2.24, 2.45) is 5.73 Å². The van der Waals surface area contributed by atoms with Crippen LogP contribution in [0, 0.1) is 13.8 Å². The largest absolute Gasteiger partial charge is 0.365 e. The molecular formula is C12H12N2OS. The van der Waals surface area contributed by atoms with Gasteiger partial charge in [-0.25, -0.2) is 4.98 Å². The number of hydrogen-bond acceptors (Lipinski definition) is 3. The Kier molecular flexibility index (Phi) is 2.75. The third-order valence-electron chi connectivity index (χ3n) is 2.65. The first-order valence-corrected chi connectivity index (χ1v) is 5.79. The SMILES string of the molecule is Cc1cccc(-c2ncsc2C(N)=O)c1C. The average molecular weight is 232 g/mol. The molecule has 0 spiro atoms. The van der Waals surface area contributed by atoms with E-state index in [0.717, 1.165) is 11.1 Å².